The number of nitrogens with two attached hydrogens (primary N) is 1. The highest BCUT2D eigenvalue weighted by Crippen LogP contribution is 2.03. The summed E-state index contributed by atoms with van der Waals surface area (Å²) < 4.78 is 0. The first-order valence-electron chi connectivity index (χ1n) is 3.44. The van der Waals surface area contributed by atoms with Gasteiger partial charge in [-0.25, -0.2) is 0 Å². The molecule has 0 radical (unpaired) electrons. The zero-order valence-electron chi connectivity index (χ0n) is 6.52. The van der Waals surface area contributed by atoms with E-state index in [1.807, 2.05) is 0 Å². The van der Waals surface area contributed by atoms with Crippen LogP contribution in [0.1, 0.15) is 26.7 Å². The van der Waals surface area contributed by atoms with E-state index in [1.54, 1.807) is 7.05 Å². The van der Waals surface area contributed by atoms with Crippen molar-refractivity contribution in [1.82, 2.24) is 0 Å². The zero-order valence-corrected chi connectivity index (χ0v) is 6.52. The quantitative estimate of drug-likeness (QED) is 0.453. The largest absolute Gasteiger partial charge is 0.387 e. The molecule has 0 fully saturated rings. The van der Waals surface area contributed by atoms with Crippen molar-refractivity contribution in [2.75, 3.05) is 7.05 Å². The normalized spacial score (nSPS) is 15.7. The van der Waals surface area contributed by atoms with Crippen LogP contribution in [0.15, 0.2) is 4.99 Å². The Morgan fingerprint density at radius 1 is 1.67 bits per heavy atom. The fraction of sp³-hybridized carbons (Fsp3) is 0.857. The third kappa shape index (κ3) is 3.12. The molecule has 0 saturated heterocycles. The smallest absolute Gasteiger partial charge is 0.0962 e. The fourth-order valence-electron chi connectivity index (χ4n) is 0.801. The standard InChI is InChI=1S/C7H16N2/c1-4-5-6(2)7(8)9-3/h6H,4-5H2,1-3H3,(H2,8,9). The molecule has 0 aromatic rings. The summed E-state index contributed by atoms with van der Waals surface area (Å²) in [7, 11) is 1.74. The van der Waals surface area contributed by atoms with Gasteiger partial charge in [-0.2, -0.15) is 0 Å². The average Bonchev–Trinajstić information content (AvgIpc) is 1.87. The molecule has 2 heteroatoms. The Bertz CT molecular complexity index is 97.1. The summed E-state index contributed by atoms with van der Waals surface area (Å²) in [6.45, 7) is 4.26. The fourth-order valence-corrected chi connectivity index (χ4v) is 0.801. The van der Waals surface area contributed by atoms with Gasteiger partial charge in [-0.1, -0.05) is 20.3 Å². The second-order valence-corrected chi connectivity index (χ2v) is 2.34. The average molecular weight is 128 g/mol. The van der Waals surface area contributed by atoms with E-state index >= 15 is 0 Å². The molecule has 1 atom stereocenters. The maximum atomic E-state index is 5.55. The summed E-state index contributed by atoms with van der Waals surface area (Å²) in [4.78, 5) is 3.90. The molecular weight excluding hydrogens is 112 g/mol. The maximum absolute atomic E-state index is 5.55. The van der Waals surface area contributed by atoms with Gasteiger partial charge in [-0.05, 0) is 6.42 Å². The molecule has 2 nitrogen and oxygen atoms in total. The molecule has 54 valence electrons. The summed E-state index contributed by atoms with van der Waals surface area (Å²) in [5.41, 5.74) is 5.55. The van der Waals surface area contributed by atoms with Crippen LogP contribution >= 0.6 is 0 Å². The van der Waals surface area contributed by atoms with Crippen LogP contribution in [0.2, 0.25) is 0 Å². The summed E-state index contributed by atoms with van der Waals surface area (Å²) in [6.07, 6.45) is 2.32. The minimum absolute atomic E-state index is 0.458. The Hall–Kier alpha value is -0.530. The Labute approximate surface area is 57.2 Å². The third-order valence-electron chi connectivity index (χ3n) is 1.48. The van der Waals surface area contributed by atoms with E-state index < -0.39 is 0 Å². The molecule has 0 amide bonds. The summed E-state index contributed by atoms with van der Waals surface area (Å²) >= 11 is 0. The molecule has 0 heterocycles. The van der Waals surface area contributed by atoms with E-state index in [9.17, 15) is 0 Å². The van der Waals surface area contributed by atoms with E-state index in [1.165, 1.54) is 6.42 Å². The van der Waals surface area contributed by atoms with Gasteiger partial charge in [-0.3, -0.25) is 4.99 Å². The molecule has 0 rings (SSSR count). The predicted molar refractivity (Wildman–Crippen MR) is 41.6 cm³/mol. The van der Waals surface area contributed by atoms with E-state index in [0.717, 1.165) is 12.3 Å². The Morgan fingerprint density at radius 3 is 2.56 bits per heavy atom. The molecule has 2 N–H and O–H groups in total. The second kappa shape index (κ2) is 4.36. The molecule has 0 saturated carbocycles. The summed E-state index contributed by atoms with van der Waals surface area (Å²) in [6, 6.07) is 0. The van der Waals surface area contributed by atoms with Gasteiger partial charge in [0.05, 0.1) is 5.84 Å². The van der Waals surface area contributed by atoms with Crippen LogP contribution in [0.25, 0.3) is 0 Å². The lowest BCUT2D eigenvalue weighted by molar-refractivity contribution is 0.661. The molecular formula is C7H16N2. The van der Waals surface area contributed by atoms with Crippen LogP contribution in [0, 0.1) is 5.92 Å². The number of amidine groups is 1. The van der Waals surface area contributed by atoms with Crippen molar-refractivity contribution in [3.63, 3.8) is 0 Å². The van der Waals surface area contributed by atoms with E-state index in [-0.39, 0.29) is 0 Å². The van der Waals surface area contributed by atoms with E-state index in [2.05, 4.69) is 18.8 Å². The number of aliphatic imine (C=N–C) groups is 1. The number of hydrogen-bond donors (Lipinski definition) is 1. The van der Waals surface area contributed by atoms with Crippen molar-refractivity contribution in [3.8, 4) is 0 Å². The number of hydrogen-bond acceptors (Lipinski definition) is 1. The van der Waals surface area contributed by atoms with Crippen molar-refractivity contribution < 1.29 is 0 Å². The lowest BCUT2D eigenvalue weighted by Gasteiger charge is -2.06. The van der Waals surface area contributed by atoms with Crippen LogP contribution in [0.4, 0.5) is 0 Å². The lowest BCUT2D eigenvalue weighted by atomic mass is 10.1. The molecule has 9 heavy (non-hydrogen) atoms. The highest BCUT2D eigenvalue weighted by molar-refractivity contribution is 5.82. The van der Waals surface area contributed by atoms with Crippen LogP contribution in [0.3, 0.4) is 0 Å². The lowest BCUT2D eigenvalue weighted by Crippen LogP contribution is -2.20. The van der Waals surface area contributed by atoms with Crippen LogP contribution in [-0.2, 0) is 0 Å². The van der Waals surface area contributed by atoms with Crippen molar-refractivity contribution in [3.05, 3.63) is 0 Å². The van der Waals surface area contributed by atoms with Gasteiger partial charge >= 0.3 is 0 Å². The Morgan fingerprint density at radius 2 is 2.22 bits per heavy atom. The van der Waals surface area contributed by atoms with Crippen LogP contribution in [0.5, 0.6) is 0 Å². The monoisotopic (exact) mass is 128 g/mol. The minimum Gasteiger partial charge on any atom is -0.387 e. The first-order valence-corrected chi connectivity index (χ1v) is 3.44. The van der Waals surface area contributed by atoms with Crippen molar-refractivity contribution in [2.45, 2.75) is 26.7 Å². The highest BCUT2D eigenvalue weighted by Gasteiger charge is 2.02. The topological polar surface area (TPSA) is 38.4 Å². The van der Waals surface area contributed by atoms with Crippen molar-refractivity contribution in [2.24, 2.45) is 16.6 Å². The van der Waals surface area contributed by atoms with Crippen LogP contribution < -0.4 is 5.73 Å². The third-order valence-corrected chi connectivity index (χ3v) is 1.48. The van der Waals surface area contributed by atoms with Gasteiger partial charge in [-0.15, -0.1) is 0 Å². The van der Waals surface area contributed by atoms with Gasteiger partial charge in [0.15, 0.2) is 0 Å². The number of rotatable bonds is 3. The van der Waals surface area contributed by atoms with Gasteiger partial charge in [0, 0.05) is 13.0 Å². The molecule has 0 aliphatic heterocycles. The van der Waals surface area contributed by atoms with Gasteiger partial charge < -0.3 is 5.73 Å². The molecule has 1 unspecified atom stereocenters. The molecule has 0 aliphatic carbocycles. The SMILES string of the molecule is CCCC(C)C(N)=NC. The predicted octanol–water partition coefficient (Wildman–Crippen LogP) is 1.41. The molecule has 0 spiro atoms. The molecule has 0 bridgehead atoms. The summed E-state index contributed by atoms with van der Waals surface area (Å²) in [5, 5.41) is 0. The first-order chi connectivity index (χ1) is 4.22. The zero-order chi connectivity index (χ0) is 7.28. The Balaban J connectivity index is 3.59. The first kappa shape index (κ1) is 8.47. The minimum atomic E-state index is 0.458. The molecule has 0 aromatic heterocycles. The number of nitrogens with zero attached hydrogens (tertiary/aromatic N) is 1. The van der Waals surface area contributed by atoms with E-state index in [0.29, 0.717) is 5.92 Å². The second-order valence-electron chi connectivity index (χ2n) is 2.34. The summed E-state index contributed by atoms with van der Waals surface area (Å²) in [5.74, 6) is 1.23. The van der Waals surface area contributed by atoms with Gasteiger partial charge in [0.25, 0.3) is 0 Å². The van der Waals surface area contributed by atoms with Crippen LogP contribution in [-0.4, -0.2) is 12.9 Å². The van der Waals surface area contributed by atoms with E-state index in [4.69, 9.17) is 5.73 Å². The highest BCUT2D eigenvalue weighted by atomic mass is 14.8. The van der Waals surface area contributed by atoms with Gasteiger partial charge in [0.1, 0.15) is 0 Å². The Kier molecular flexibility index (Phi) is 4.10. The van der Waals surface area contributed by atoms with Crippen molar-refractivity contribution >= 4 is 5.84 Å². The molecule has 0 aromatic carbocycles. The van der Waals surface area contributed by atoms with Gasteiger partial charge in [0.2, 0.25) is 0 Å². The molecule has 0 aliphatic rings. The maximum Gasteiger partial charge on any atom is 0.0962 e. The van der Waals surface area contributed by atoms with Crippen molar-refractivity contribution in [1.29, 1.82) is 0 Å².